The third kappa shape index (κ3) is 2.80. The summed E-state index contributed by atoms with van der Waals surface area (Å²) in [6.07, 6.45) is 0. The fourth-order valence-corrected chi connectivity index (χ4v) is 3.00. The number of nitrogens with zero attached hydrogens (tertiary/aromatic N) is 3. The maximum absolute atomic E-state index is 12.2. The number of hydrogen-bond donors (Lipinski definition) is 3. The molecule has 0 saturated carbocycles. The number of hydrogen-bond acceptors (Lipinski definition) is 7. The number of sulfonamides is 1. The molecule has 0 fully saturated rings. The molecule has 1 unspecified atom stereocenters. The highest BCUT2D eigenvalue weighted by atomic mass is 32.2. The van der Waals surface area contributed by atoms with Crippen LogP contribution in [0.3, 0.4) is 0 Å². The summed E-state index contributed by atoms with van der Waals surface area (Å²) in [6, 6.07) is 0.792. The molecule has 4 N–H and O–H groups in total. The zero-order chi connectivity index (χ0) is 14.0. The van der Waals surface area contributed by atoms with Crippen LogP contribution in [0.2, 0.25) is 0 Å². The Kier molecular flexibility index (Phi) is 3.64. The second kappa shape index (κ2) is 5.07. The second-order valence-corrected chi connectivity index (χ2v) is 5.63. The van der Waals surface area contributed by atoms with E-state index in [1.54, 1.807) is 13.8 Å². The van der Waals surface area contributed by atoms with Crippen LogP contribution >= 0.6 is 0 Å². The number of nitrogens with two attached hydrogens (primary N) is 1. The van der Waals surface area contributed by atoms with E-state index in [0.29, 0.717) is 5.76 Å². The van der Waals surface area contributed by atoms with Crippen molar-refractivity contribution in [3.05, 3.63) is 23.4 Å². The molecule has 2 aromatic rings. The Bertz CT molecular complexity index is 648. The van der Waals surface area contributed by atoms with Crippen LogP contribution in [0, 0.1) is 6.92 Å². The minimum Gasteiger partial charge on any atom is -0.464 e. The third-order valence-corrected chi connectivity index (χ3v) is 4.14. The molecular formula is C9H14N6O3S. The lowest BCUT2D eigenvalue weighted by molar-refractivity contribution is 0.478. The number of H-pyrrole nitrogens is 1. The van der Waals surface area contributed by atoms with E-state index in [1.165, 1.54) is 6.07 Å². The lowest BCUT2D eigenvalue weighted by atomic mass is 10.4. The maximum Gasteiger partial charge on any atom is 0.244 e. The molecule has 19 heavy (non-hydrogen) atoms. The minimum absolute atomic E-state index is 0.0586. The molecule has 0 saturated heterocycles. The zero-order valence-corrected chi connectivity index (χ0v) is 11.2. The molecule has 2 aromatic heterocycles. The molecule has 1 atom stereocenters. The minimum atomic E-state index is -3.73. The third-order valence-electron chi connectivity index (χ3n) is 2.49. The van der Waals surface area contributed by atoms with E-state index in [1.807, 2.05) is 0 Å². The van der Waals surface area contributed by atoms with Crippen molar-refractivity contribution in [1.29, 1.82) is 0 Å². The van der Waals surface area contributed by atoms with Gasteiger partial charge in [0.2, 0.25) is 10.0 Å². The Morgan fingerprint density at radius 1 is 1.58 bits per heavy atom. The summed E-state index contributed by atoms with van der Waals surface area (Å²) in [5, 5.41) is 13.1. The number of rotatable bonds is 5. The van der Waals surface area contributed by atoms with Gasteiger partial charge in [-0.1, -0.05) is 5.21 Å². The average Bonchev–Trinajstić information content (AvgIpc) is 2.96. The zero-order valence-electron chi connectivity index (χ0n) is 10.4. The van der Waals surface area contributed by atoms with Crippen molar-refractivity contribution in [3.8, 4) is 0 Å². The number of aromatic amines is 1. The van der Waals surface area contributed by atoms with Crippen LogP contribution in [-0.2, 0) is 16.6 Å². The molecule has 9 nitrogen and oxygen atoms in total. The smallest absolute Gasteiger partial charge is 0.244 e. The highest BCUT2D eigenvalue weighted by Crippen LogP contribution is 2.21. The van der Waals surface area contributed by atoms with Crippen molar-refractivity contribution >= 4 is 10.0 Å². The van der Waals surface area contributed by atoms with Crippen LogP contribution in [0.25, 0.3) is 0 Å². The molecule has 0 radical (unpaired) electrons. The standard InChI is InChI=1S/C9H14N6O3S/c1-5(9-11-14-15-12-9)13-19(16,17)8-3-7(4-10)18-6(8)2/h3,5,13H,4,10H2,1-2H3,(H,11,12,14,15). The first-order chi connectivity index (χ1) is 8.94. The van der Waals surface area contributed by atoms with E-state index in [9.17, 15) is 8.42 Å². The number of nitrogens with one attached hydrogen (secondary N) is 2. The van der Waals surface area contributed by atoms with Crippen molar-refractivity contribution in [2.45, 2.75) is 31.3 Å². The van der Waals surface area contributed by atoms with Gasteiger partial charge in [-0.05, 0) is 13.8 Å². The first-order valence-electron chi connectivity index (χ1n) is 5.49. The van der Waals surface area contributed by atoms with Crippen molar-refractivity contribution in [3.63, 3.8) is 0 Å². The molecule has 0 aromatic carbocycles. The SMILES string of the molecule is Cc1oc(CN)cc1S(=O)(=O)NC(C)c1nn[nH]n1. The number of aryl methyl sites for hydroxylation is 1. The summed E-state index contributed by atoms with van der Waals surface area (Å²) >= 11 is 0. The molecule has 0 amide bonds. The normalized spacial score (nSPS) is 13.6. The summed E-state index contributed by atoms with van der Waals surface area (Å²) < 4.78 is 32.0. The van der Waals surface area contributed by atoms with Crippen LogP contribution < -0.4 is 10.5 Å². The van der Waals surface area contributed by atoms with Gasteiger partial charge in [-0.3, -0.25) is 0 Å². The van der Waals surface area contributed by atoms with Gasteiger partial charge in [0.05, 0.1) is 12.6 Å². The van der Waals surface area contributed by atoms with Gasteiger partial charge < -0.3 is 10.2 Å². The molecular weight excluding hydrogens is 272 g/mol. The Morgan fingerprint density at radius 3 is 2.84 bits per heavy atom. The van der Waals surface area contributed by atoms with E-state index in [4.69, 9.17) is 10.2 Å². The summed E-state index contributed by atoms with van der Waals surface area (Å²) in [5.74, 6) is 0.946. The van der Waals surface area contributed by atoms with Crippen molar-refractivity contribution < 1.29 is 12.8 Å². The van der Waals surface area contributed by atoms with Crippen LogP contribution in [-0.4, -0.2) is 29.0 Å². The maximum atomic E-state index is 12.2. The molecule has 104 valence electrons. The summed E-state index contributed by atoms with van der Waals surface area (Å²) in [4.78, 5) is 0.0586. The highest BCUT2D eigenvalue weighted by Gasteiger charge is 2.25. The largest absolute Gasteiger partial charge is 0.464 e. The Labute approximate surface area is 109 Å². The fourth-order valence-electron chi connectivity index (χ4n) is 1.59. The molecule has 2 rings (SSSR count). The van der Waals surface area contributed by atoms with Gasteiger partial charge in [0.25, 0.3) is 0 Å². The van der Waals surface area contributed by atoms with Crippen LogP contribution in [0.1, 0.15) is 30.3 Å². The van der Waals surface area contributed by atoms with Crippen LogP contribution in [0.4, 0.5) is 0 Å². The molecule has 0 aliphatic rings. The number of furan rings is 1. The molecule has 2 heterocycles. The molecule has 0 bridgehead atoms. The topological polar surface area (TPSA) is 140 Å². The van der Waals surface area contributed by atoms with E-state index in [2.05, 4.69) is 25.3 Å². The fraction of sp³-hybridized carbons (Fsp3) is 0.444. The van der Waals surface area contributed by atoms with Gasteiger partial charge in [0, 0.05) is 6.07 Å². The van der Waals surface area contributed by atoms with Gasteiger partial charge in [0.1, 0.15) is 16.4 Å². The van der Waals surface area contributed by atoms with Gasteiger partial charge in [-0.2, -0.15) is 5.21 Å². The van der Waals surface area contributed by atoms with Gasteiger partial charge in [-0.25, -0.2) is 13.1 Å². The van der Waals surface area contributed by atoms with Gasteiger partial charge in [0.15, 0.2) is 5.82 Å². The predicted octanol–water partition coefficient (Wildman–Crippen LogP) is -0.401. The summed E-state index contributed by atoms with van der Waals surface area (Å²) in [7, 11) is -3.73. The van der Waals surface area contributed by atoms with E-state index < -0.39 is 16.1 Å². The number of tetrazole rings is 1. The van der Waals surface area contributed by atoms with Crippen molar-refractivity contribution in [2.24, 2.45) is 5.73 Å². The average molecular weight is 286 g/mol. The lowest BCUT2D eigenvalue weighted by Crippen LogP contribution is -2.27. The second-order valence-electron chi connectivity index (χ2n) is 3.95. The molecule has 0 aliphatic heterocycles. The summed E-state index contributed by atoms with van der Waals surface area (Å²) in [6.45, 7) is 3.31. The Hall–Kier alpha value is -1.78. The molecule has 0 spiro atoms. The van der Waals surface area contributed by atoms with Crippen molar-refractivity contribution in [2.75, 3.05) is 0 Å². The van der Waals surface area contributed by atoms with Crippen LogP contribution in [0.5, 0.6) is 0 Å². The Morgan fingerprint density at radius 2 is 2.32 bits per heavy atom. The van der Waals surface area contributed by atoms with Crippen LogP contribution in [0.15, 0.2) is 15.4 Å². The van der Waals surface area contributed by atoms with Gasteiger partial charge in [-0.15, -0.1) is 10.2 Å². The highest BCUT2D eigenvalue weighted by molar-refractivity contribution is 7.89. The number of aromatic nitrogens is 4. The van der Waals surface area contributed by atoms with Crippen molar-refractivity contribution in [1.82, 2.24) is 25.3 Å². The first-order valence-corrected chi connectivity index (χ1v) is 6.97. The lowest BCUT2D eigenvalue weighted by Gasteiger charge is -2.09. The quantitative estimate of drug-likeness (QED) is 0.679. The van der Waals surface area contributed by atoms with E-state index in [0.717, 1.165) is 0 Å². The predicted molar refractivity (Wildman–Crippen MR) is 64.3 cm³/mol. The first kappa shape index (κ1) is 13.6. The van der Waals surface area contributed by atoms with E-state index in [-0.39, 0.29) is 23.0 Å². The Balaban J connectivity index is 2.25. The molecule has 10 heteroatoms. The van der Waals surface area contributed by atoms with Gasteiger partial charge >= 0.3 is 0 Å². The summed E-state index contributed by atoms with van der Waals surface area (Å²) in [5.41, 5.74) is 5.41. The van der Waals surface area contributed by atoms with E-state index >= 15 is 0 Å². The monoisotopic (exact) mass is 286 g/mol. The molecule has 0 aliphatic carbocycles.